The molecule has 0 atom stereocenters. The highest BCUT2D eigenvalue weighted by Crippen LogP contribution is 2.17. The number of hydrogen-bond acceptors (Lipinski definition) is 3. The van der Waals surface area contributed by atoms with Crippen molar-refractivity contribution in [3.8, 4) is 0 Å². The Kier molecular flexibility index (Phi) is 5.07. The van der Waals surface area contributed by atoms with Gasteiger partial charge in [-0.3, -0.25) is 4.99 Å². The smallest absolute Gasteiger partial charge is 0.191 e. The third kappa shape index (κ3) is 3.40. The standard InChI is InChI=1S/C14H18N4.HI/c1-3-11(12-6-10-15-13(12)4-1)5-9-18-14-16-7-2-8-17-14;/h1,3-4,6,10,15H,2,5,7-9H2,(H2,16,17,18);1H. The highest BCUT2D eigenvalue weighted by atomic mass is 127. The Morgan fingerprint density at radius 2 is 2.21 bits per heavy atom. The van der Waals surface area contributed by atoms with Crippen LogP contribution >= 0.6 is 24.0 Å². The van der Waals surface area contributed by atoms with E-state index in [0.717, 1.165) is 38.4 Å². The van der Waals surface area contributed by atoms with Crippen LogP contribution in [0.4, 0.5) is 0 Å². The van der Waals surface area contributed by atoms with Crippen molar-refractivity contribution in [2.75, 3.05) is 19.6 Å². The van der Waals surface area contributed by atoms with Gasteiger partial charge < -0.3 is 15.6 Å². The average Bonchev–Trinajstić information content (AvgIpc) is 2.89. The largest absolute Gasteiger partial charge is 0.361 e. The van der Waals surface area contributed by atoms with Gasteiger partial charge in [-0.25, -0.2) is 0 Å². The molecule has 4 nitrogen and oxygen atoms in total. The van der Waals surface area contributed by atoms with Gasteiger partial charge in [0.1, 0.15) is 0 Å². The van der Waals surface area contributed by atoms with Gasteiger partial charge in [0.25, 0.3) is 0 Å². The second-order valence-electron chi connectivity index (χ2n) is 4.54. The summed E-state index contributed by atoms with van der Waals surface area (Å²) in [6.45, 7) is 2.87. The van der Waals surface area contributed by atoms with Crippen LogP contribution in [0.15, 0.2) is 35.5 Å². The molecule has 0 aliphatic carbocycles. The van der Waals surface area contributed by atoms with Crippen LogP contribution in [-0.2, 0) is 6.42 Å². The zero-order chi connectivity index (χ0) is 12.2. The number of rotatable bonds is 3. The minimum Gasteiger partial charge on any atom is -0.361 e. The molecule has 0 saturated carbocycles. The summed E-state index contributed by atoms with van der Waals surface area (Å²) < 4.78 is 0. The van der Waals surface area contributed by atoms with E-state index >= 15 is 0 Å². The van der Waals surface area contributed by atoms with Gasteiger partial charge in [0.15, 0.2) is 5.96 Å². The Morgan fingerprint density at radius 1 is 1.26 bits per heavy atom. The van der Waals surface area contributed by atoms with Crippen LogP contribution in [0.1, 0.15) is 12.0 Å². The predicted molar refractivity (Wildman–Crippen MR) is 90.3 cm³/mol. The molecule has 3 N–H and O–H groups in total. The summed E-state index contributed by atoms with van der Waals surface area (Å²) in [5, 5.41) is 7.94. The van der Waals surface area contributed by atoms with Crippen LogP contribution in [0, 0.1) is 0 Å². The van der Waals surface area contributed by atoms with Crippen molar-refractivity contribution in [1.29, 1.82) is 0 Å². The second-order valence-corrected chi connectivity index (χ2v) is 4.54. The SMILES string of the molecule is I.c1cc(CCNC2=NCCCN2)c2cc[nH]c2c1. The topological polar surface area (TPSA) is 52.2 Å². The summed E-state index contributed by atoms with van der Waals surface area (Å²) in [6.07, 6.45) is 4.14. The number of fused-ring (bicyclic) bond motifs is 1. The van der Waals surface area contributed by atoms with Crippen LogP contribution in [0.5, 0.6) is 0 Å². The van der Waals surface area contributed by atoms with Gasteiger partial charge >= 0.3 is 0 Å². The average molecular weight is 370 g/mol. The Bertz CT molecular complexity index is 561. The lowest BCUT2D eigenvalue weighted by Gasteiger charge is -2.16. The van der Waals surface area contributed by atoms with E-state index in [1.54, 1.807) is 0 Å². The van der Waals surface area contributed by atoms with E-state index in [1.165, 1.54) is 16.5 Å². The van der Waals surface area contributed by atoms with Crippen molar-refractivity contribution in [3.63, 3.8) is 0 Å². The minimum absolute atomic E-state index is 0. The number of benzene rings is 1. The molecule has 2 aromatic rings. The highest BCUT2D eigenvalue weighted by Gasteiger charge is 2.04. The molecule has 3 rings (SSSR count). The number of nitrogens with one attached hydrogen (secondary N) is 3. The van der Waals surface area contributed by atoms with Gasteiger partial charge in [-0.1, -0.05) is 12.1 Å². The number of aliphatic imine (C=N–C) groups is 1. The summed E-state index contributed by atoms with van der Waals surface area (Å²) in [7, 11) is 0. The van der Waals surface area contributed by atoms with Crippen molar-refractivity contribution >= 4 is 40.8 Å². The summed E-state index contributed by atoms with van der Waals surface area (Å²) >= 11 is 0. The monoisotopic (exact) mass is 370 g/mol. The van der Waals surface area contributed by atoms with Gasteiger partial charge in [-0.2, -0.15) is 0 Å². The second kappa shape index (κ2) is 6.79. The number of nitrogens with zero attached hydrogens (tertiary/aromatic N) is 1. The molecule has 5 heteroatoms. The number of H-pyrrole nitrogens is 1. The zero-order valence-electron chi connectivity index (χ0n) is 10.8. The third-order valence-corrected chi connectivity index (χ3v) is 3.27. The molecule has 0 fully saturated rings. The molecule has 19 heavy (non-hydrogen) atoms. The lowest BCUT2D eigenvalue weighted by molar-refractivity contribution is 0.700. The molecule has 102 valence electrons. The van der Waals surface area contributed by atoms with Crippen LogP contribution in [0.2, 0.25) is 0 Å². The third-order valence-electron chi connectivity index (χ3n) is 3.27. The van der Waals surface area contributed by atoms with E-state index in [-0.39, 0.29) is 24.0 Å². The normalized spacial score (nSPS) is 14.4. The van der Waals surface area contributed by atoms with Gasteiger partial charge in [-0.05, 0) is 30.5 Å². The summed E-state index contributed by atoms with van der Waals surface area (Å²) in [5.41, 5.74) is 2.58. The first-order valence-electron chi connectivity index (χ1n) is 6.51. The van der Waals surface area contributed by atoms with E-state index in [4.69, 9.17) is 0 Å². The van der Waals surface area contributed by atoms with Crippen LogP contribution in [0.25, 0.3) is 10.9 Å². The first-order chi connectivity index (χ1) is 8.93. The van der Waals surface area contributed by atoms with E-state index in [2.05, 4.69) is 44.9 Å². The van der Waals surface area contributed by atoms with Crippen LogP contribution in [-0.4, -0.2) is 30.6 Å². The summed E-state index contributed by atoms with van der Waals surface area (Å²) in [5.74, 6) is 0.947. The Labute approximate surface area is 130 Å². The van der Waals surface area contributed by atoms with E-state index < -0.39 is 0 Å². The molecule has 0 unspecified atom stereocenters. The van der Waals surface area contributed by atoms with Crippen molar-refractivity contribution < 1.29 is 0 Å². The Balaban J connectivity index is 0.00000133. The maximum absolute atomic E-state index is 4.40. The molecule has 1 aromatic heterocycles. The molecular formula is C14H19IN4. The highest BCUT2D eigenvalue weighted by molar-refractivity contribution is 14.0. The number of hydrogen-bond donors (Lipinski definition) is 3. The van der Waals surface area contributed by atoms with Gasteiger partial charge in [0, 0.05) is 36.7 Å². The molecule has 0 bridgehead atoms. The maximum atomic E-state index is 4.40. The van der Waals surface area contributed by atoms with Crippen molar-refractivity contribution in [1.82, 2.24) is 15.6 Å². The molecule has 1 aliphatic rings. The van der Waals surface area contributed by atoms with Crippen molar-refractivity contribution in [2.24, 2.45) is 4.99 Å². The van der Waals surface area contributed by atoms with Gasteiger partial charge in [-0.15, -0.1) is 24.0 Å². The molecule has 0 spiro atoms. The molecule has 1 aliphatic heterocycles. The van der Waals surface area contributed by atoms with Crippen molar-refractivity contribution in [3.05, 3.63) is 36.0 Å². The van der Waals surface area contributed by atoms with Crippen LogP contribution in [0.3, 0.4) is 0 Å². The Morgan fingerprint density at radius 3 is 3.05 bits per heavy atom. The van der Waals surface area contributed by atoms with Crippen LogP contribution < -0.4 is 10.6 Å². The van der Waals surface area contributed by atoms with Crippen molar-refractivity contribution in [2.45, 2.75) is 12.8 Å². The zero-order valence-corrected chi connectivity index (χ0v) is 13.1. The van der Waals surface area contributed by atoms with Gasteiger partial charge in [0.05, 0.1) is 0 Å². The maximum Gasteiger partial charge on any atom is 0.191 e. The molecule has 0 saturated heterocycles. The molecule has 2 heterocycles. The predicted octanol–water partition coefficient (Wildman–Crippen LogP) is 2.27. The quantitative estimate of drug-likeness (QED) is 0.727. The summed E-state index contributed by atoms with van der Waals surface area (Å²) in [6, 6.07) is 8.54. The number of aromatic amines is 1. The Hall–Kier alpha value is -1.24. The van der Waals surface area contributed by atoms with E-state index in [1.807, 2.05) is 6.20 Å². The lowest BCUT2D eigenvalue weighted by Crippen LogP contribution is -2.41. The number of halogens is 1. The number of aromatic nitrogens is 1. The summed E-state index contributed by atoms with van der Waals surface area (Å²) in [4.78, 5) is 7.64. The molecule has 1 aromatic carbocycles. The fourth-order valence-corrected chi connectivity index (χ4v) is 2.34. The van der Waals surface area contributed by atoms with Gasteiger partial charge in [0.2, 0.25) is 0 Å². The lowest BCUT2D eigenvalue weighted by atomic mass is 10.1. The number of guanidine groups is 1. The fraction of sp³-hybridized carbons (Fsp3) is 0.357. The minimum atomic E-state index is 0. The first-order valence-corrected chi connectivity index (χ1v) is 6.51. The molecule has 0 amide bonds. The first kappa shape index (κ1) is 14.2. The molecule has 0 radical (unpaired) electrons. The molecular weight excluding hydrogens is 351 g/mol. The van der Waals surface area contributed by atoms with E-state index in [0.29, 0.717) is 0 Å². The van der Waals surface area contributed by atoms with E-state index in [9.17, 15) is 0 Å². The fourth-order valence-electron chi connectivity index (χ4n) is 2.34.